The van der Waals surface area contributed by atoms with Gasteiger partial charge in [-0.2, -0.15) is 0 Å². The Bertz CT molecular complexity index is 351. The average molecular weight is 251 g/mol. The molecule has 0 aliphatic carbocycles. The van der Waals surface area contributed by atoms with E-state index in [1.807, 2.05) is 0 Å². The predicted molar refractivity (Wildman–Crippen MR) is 70.8 cm³/mol. The number of aromatic nitrogens is 1. The zero-order valence-electron chi connectivity index (χ0n) is 10.9. The van der Waals surface area contributed by atoms with E-state index in [2.05, 4.69) is 15.2 Å². The average Bonchev–Trinajstić information content (AvgIpc) is 2.42. The fraction of sp³-hybridized carbons (Fsp3) is 0.643. The topological polar surface area (TPSA) is 28.2 Å². The maximum absolute atomic E-state index is 13.3. The summed E-state index contributed by atoms with van der Waals surface area (Å²) in [5.41, 5.74) is 0.697. The number of rotatable bonds is 6. The number of nitrogens with one attached hydrogen (secondary N) is 1. The van der Waals surface area contributed by atoms with Crippen LogP contribution in [0.25, 0.3) is 0 Å². The van der Waals surface area contributed by atoms with E-state index in [1.54, 1.807) is 12.3 Å². The van der Waals surface area contributed by atoms with E-state index in [-0.39, 0.29) is 5.82 Å². The zero-order valence-corrected chi connectivity index (χ0v) is 10.9. The van der Waals surface area contributed by atoms with Gasteiger partial charge >= 0.3 is 0 Å². The molecule has 2 rings (SSSR count). The Morgan fingerprint density at radius 1 is 1.28 bits per heavy atom. The number of pyridine rings is 1. The Morgan fingerprint density at radius 3 is 2.89 bits per heavy atom. The third kappa shape index (κ3) is 4.35. The van der Waals surface area contributed by atoms with Crippen molar-refractivity contribution in [2.24, 2.45) is 0 Å². The molecule has 1 aromatic heterocycles. The molecule has 0 atom stereocenters. The molecule has 0 radical (unpaired) electrons. The molecule has 1 aliphatic rings. The van der Waals surface area contributed by atoms with Crippen molar-refractivity contribution < 1.29 is 4.39 Å². The summed E-state index contributed by atoms with van der Waals surface area (Å²) < 4.78 is 13.3. The van der Waals surface area contributed by atoms with Crippen molar-refractivity contribution in [2.75, 3.05) is 26.2 Å². The molecule has 1 aliphatic heterocycles. The second-order valence-corrected chi connectivity index (χ2v) is 4.90. The molecule has 1 aromatic rings. The summed E-state index contributed by atoms with van der Waals surface area (Å²) in [6.07, 6.45) is 8.10. The van der Waals surface area contributed by atoms with Gasteiger partial charge in [-0.15, -0.1) is 0 Å². The monoisotopic (exact) mass is 251 g/mol. The maximum Gasteiger partial charge on any atom is 0.145 e. The lowest BCUT2D eigenvalue weighted by atomic mass is 10.1. The number of nitrogens with zero attached hydrogens (tertiary/aromatic N) is 2. The van der Waals surface area contributed by atoms with Crippen LogP contribution in [0.1, 0.15) is 31.2 Å². The van der Waals surface area contributed by atoms with Crippen molar-refractivity contribution in [3.63, 3.8) is 0 Å². The highest BCUT2D eigenvalue weighted by atomic mass is 19.1. The summed E-state index contributed by atoms with van der Waals surface area (Å²) >= 11 is 0. The van der Waals surface area contributed by atoms with E-state index in [4.69, 9.17) is 0 Å². The minimum atomic E-state index is -0.221. The normalized spacial score (nSPS) is 16.9. The molecule has 100 valence electrons. The van der Waals surface area contributed by atoms with Crippen molar-refractivity contribution in [1.82, 2.24) is 15.2 Å². The number of hydrogen-bond acceptors (Lipinski definition) is 3. The first kappa shape index (κ1) is 13.4. The Kier molecular flexibility index (Phi) is 5.55. The fourth-order valence-corrected chi connectivity index (χ4v) is 2.38. The summed E-state index contributed by atoms with van der Waals surface area (Å²) in [5.74, 6) is -0.221. The second kappa shape index (κ2) is 7.44. The molecular formula is C14H22FN3. The van der Waals surface area contributed by atoms with E-state index in [0.717, 1.165) is 19.5 Å². The fourth-order valence-electron chi connectivity index (χ4n) is 2.38. The first-order valence-electron chi connectivity index (χ1n) is 6.88. The summed E-state index contributed by atoms with van der Waals surface area (Å²) in [4.78, 5) is 6.27. The maximum atomic E-state index is 13.3. The molecule has 1 fully saturated rings. The van der Waals surface area contributed by atoms with Gasteiger partial charge in [0.1, 0.15) is 5.82 Å². The highest BCUT2D eigenvalue weighted by molar-refractivity contribution is 5.11. The standard InChI is InChI=1S/C14H22FN3/c15-14-12-17-7-5-13(14)11-16-6-4-10-18-8-2-1-3-9-18/h5,7,12,16H,1-4,6,8-11H2. The molecule has 4 heteroatoms. The Hall–Kier alpha value is -1.00. The van der Waals surface area contributed by atoms with Crippen LogP contribution in [0.2, 0.25) is 0 Å². The predicted octanol–water partition coefficient (Wildman–Crippen LogP) is 2.19. The summed E-state index contributed by atoms with van der Waals surface area (Å²) in [6, 6.07) is 1.73. The molecule has 3 nitrogen and oxygen atoms in total. The van der Waals surface area contributed by atoms with E-state index < -0.39 is 0 Å². The number of halogens is 1. The largest absolute Gasteiger partial charge is 0.313 e. The first-order chi connectivity index (χ1) is 8.86. The van der Waals surface area contributed by atoms with E-state index >= 15 is 0 Å². The smallest absolute Gasteiger partial charge is 0.145 e. The molecule has 1 saturated heterocycles. The molecule has 0 saturated carbocycles. The molecule has 0 amide bonds. The molecule has 2 heterocycles. The van der Waals surface area contributed by atoms with Gasteiger partial charge in [0.25, 0.3) is 0 Å². The van der Waals surface area contributed by atoms with Gasteiger partial charge in [0.05, 0.1) is 6.20 Å². The van der Waals surface area contributed by atoms with Gasteiger partial charge < -0.3 is 10.2 Å². The van der Waals surface area contributed by atoms with Crippen LogP contribution in [-0.4, -0.2) is 36.1 Å². The van der Waals surface area contributed by atoms with Crippen LogP contribution in [0.3, 0.4) is 0 Å². The van der Waals surface area contributed by atoms with Crippen LogP contribution in [0.5, 0.6) is 0 Å². The summed E-state index contributed by atoms with van der Waals surface area (Å²) in [5, 5.41) is 3.29. The van der Waals surface area contributed by atoms with Gasteiger partial charge in [0, 0.05) is 18.3 Å². The van der Waals surface area contributed by atoms with Gasteiger partial charge in [0.15, 0.2) is 0 Å². The lowest BCUT2D eigenvalue weighted by Crippen LogP contribution is -2.32. The van der Waals surface area contributed by atoms with E-state index in [0.29, 0.717) is 12.1 Å². The van der Waals surface area contributed by atoms with Crippen molar-refractivity contribution in [2.45, 2.75) is 32.2 Å². The third-order valence-corrected chi connectivity index (χ3v) is 3.45. The lowest BCUT2D eigenvalue weighted by molar-refractivity contribution is 0.225. The SMILES string of the molecule is Fc1cnccc1CNCCCN1CCCCC1. The lowest BCUT2D eigenvalue weighted by Gasteiger charge is -2.26. The molecule has 0 spiro atoms. The van der Waals surface area contributed by atoms with E-state index in [1.165, 1.54) is 38.5 Å². The summed E-state index contributed by atoms with van der Waals surface area (Å²) in [6.45, 7) is 5.19. The summed E-state index contributed by atoms with van der Waals surface area (Å²) in [7, 11) is 0. The highest BCUT2D eigenvalue weighted by Gasteiger charge is 2.08. The van der Waals surface area contributed by atoms with Crippen LogP contribution in [0.15, 0.2) is 18.5 Å². The van der Waals surface area contributed by atoms with Crippen LogP contribution >= 0.6 is 0 Å². The van der Waals surface area contributed by atoms with Crippen molar-refractivity contribution in [1.29, 1.82) is 0 Å². The first-order valence-corrected chi connectivity index (χ1v) is 6.88. The van der Waals surface area contributed by atoms with Gasteiger partial charge in [-0.3, -0.25) is 4.98 Å². The number of hydrogen-bond donors (Lipinski definition) is 1. The van der Waals surface area contributed by atoms with Crippen LogP contribution < -0.4 is 5.32 Å². The Balaban J connectivity index is 1.57. The van der Waals surface area contributed by atoms with Crippen molar-refractivity contribution in [3.05, 3.63) is 29.8 Å². The molecule has 0 bridgehead atoms. The molecule has 0 aromatic carbocycles. The van der Waals surface area contributed by atoms with Crippen molar-refractivity contribution >= 4 is 0 Å². The van der Waals surface area contributed by atoms with E-state index in [9.17, 15) is 4.39 Å². The Labute approximate surface area is 108 Å². The molecule has 18 heavy (non-hydrogen) atoms. The third-order valence-electron chi connectivity index (χ3n) is 3.45. The quantitative estimate of drug-likeness (QED) is 0.786. The van der Waals surface area contributed by atoms with Gasteiger partial charge in [-0.05, 0) is 51.5 Å². The van der Waals surface area contributed by atoms with Crippen LogP contribution in [0.4, 0.5) is 4.39 Å². The van der Waals surface area contributed by atoms with Crippen LogP contribution in [-0.2, 0) is 6.54 Å². The zero-order chi connectivity index (χ0) is 12.6. The Morgan fingerprint density at radius 2 is 2.11 bits per heavy atom. The van der Waals surface area contributed by atoms with Crippen LogP contribution in [0, 0.1) is 5.82 Å². The van der Waals surface area contributed by atoms with Gasteiger partial charge in [-0.1, -0.05) is 6.42 Å². The molecule has 0 unspecified atom stereocenters. The number of likely N-dealkylation sites (tertiary alicyclic amines) is 1. The van der Waals surface area contributed by atoms with Gasteiger partial charge in [0.2, 0.25) is 0 Å². The molecule has 1 N–H and O–H groups in total. The minimum Gasteiger partial charge on any atom is -0.313 e. The number of piperidine rings is 1. The van der Waals surface area contributed by atoms with Gasteiger partial charge in [-0.25, -0.2) is 4.39 Å². The minimum absolute atomic E-state index is 0.221. The van der Waals surface area contributed by atoms with Crippen molar-refractivity contribution in [3.8, 4) is 0 Å². The second-order valence-electron chi connectivity index (χ2n) is 4.90. The highest BCUT2D eigenvalue weighted by Crippen LogP contribution is 2.08. The molecular weight excluding hydrogens is 229 g/mol.